The van der Waals surface area contributed by atoms with Crippen molar-refractivity contribution in [2.45, 2.75) is 0 Å². The maximum absolute atomic E-state index is 12.9. The number of hydrogen-bond acceptors (Lipinski definition) is 4. The monoisotopic (exact) mass is 292 g/mol. The first-order chi connectivity index (χ1) is 10.8. The Morgan fingerprint density at radius 1 is 0.773 bits per heavy atom. The number of ketones is 2. The second-order valence-electron chi connectivity index (χ2n) is 5.64. The average Bonchev–Trinajstić information content (AvgIpc) is 2.60. The number of benzene rings is 2. The van der Waals surface area contributed by atoms with Gasteiger partial charge < -0.3 is 10.2 Å². The number of rotatable bonds is 1. The zero-order chi connectivity index (χ0) is 15.1. The molecule has 1 saturated heterocycles. The molecule has 0 atom stereocenters. The summed E-state index contributed by atoms with van der Waals surface area (Å²) in [5, 5.41) is 3.31. The third-order valence-electron chi connectivity index (χ3n) is 4.39. The molecule has 4 rings (SSSR count). The van der Waals surface area contributed by atoms with Crippen LogP contribution in [0.3, 0.4) is 0 Å². The lowest BCUT2D eigenvalue weighted by molar-refractivity contribution is 0.0979. The molecule has 4 nitrogen and oxygen atoms in total. The summed E-state index contributed by atoms with van der Waals surface area (Å²) in [6, 6.07) is 12.7. The highest BCUT2D eigenvalue weighted by Gasteiger charge is 2.32. The number of piperazine rings is 1. The van der Waals surface area contributed by atoms with Crippen molar-refractivity contribution >= 4 is 17.3 Å². The molecule has 1 aliphatic carbocycles. The summed E-state index contributed by atoms with van der Waals surface area (Å²) >= 11 is 0. The quantitative estimate of drug-likeness (QED) is 0.744. The van der Waals surface area contributed by atoms with E-state index < -0.39 is 0 Å². The Morgan fingerprint density at radius 2 is 1.41 bits per heavy atom. The predicted molar refractivity (Wildman–Crippen MR) is 84.8 cm³/mol. The van der Waals surface area contributed by atoms with Crippen LogP contribution in [0.15, 0.2) is 42.5 Å². The number of carbonyl (C=O) groups is 2. The number of hydrogen-bond donors (Lipinski definition) is 1. The Bertz CT molecular complexity index is 776. The van der Waals surface area contributed by atoms with E-state index in [2.05, 4.69) is 10.2 Å². The second-order valence-corrected chi connectivity index (χ2v) is 5.64. The fourth-order valence-electron chi connectivity index (χ4n) is 3.30. The highest BCUT2D eigenvalue weighted by atomic mass is 16.1. The van der Waals surface area contributed by atoms with Crippen LogP contribution >= 0.6 is 0 Å². The van der Waals surface area contributed by atoms with Gasteiger partial charge in [-0.1, -0.05) is 36.4 Å². The minimum Gasteiger partial charge on any atom is -0.368 e. The Hall–Kier alpha value is -2.46. The molecule has 0 spiro atoms. The molecule has 110 valence electrons. The SMILES string of the molecule is O=C1c2ccccc2C(=O)c2c1cccc2N1CCNCC1. The van der Waals surface area contributed by atoms with E-state index in [1.54, 1.807) is 24.3 Å². The summed E-state index contributed by atoms with van der Waals surface area (Å²) in [6.07, 6.45) is 0. The van der Waals surface area contributed by atoms with Crippen LogP contribution in [0, 0.1) is 0 Å². The summed E-state index contributed by atoms with van der Waals surface area (Å²) in [5.41, 5.74) is 3.00. The predicted octanol–water partition coefficient (Wildman–Crippen LogP) is 1.87. The normalized spacial score (nSPS) is 17.2. The van der Waals surface area contributed by atoms with Gasteiger partial charge in [0.2, 0.25) is 0 Å². The van der Waals surface area contributed by atoms with Gasteiger partial charge in [0, 0.05) is 48.6 Å². The van der Waals surface area contributed by atoms with Gasteiger partial charge in [-0.25, -0.2) is 0 Å². The van der Waals surface area contributed by atoms with Gasteiger partial charge in [-0.3, -0.25) is 9.59 Å². The molecule has 2 aromatic rings. The highest BCUT2D eigenvalue weighted by molar-refractivity contribution is 6.30. The molecule has 0 amide bonds. The van der Waals surface area contributed by atoms with E-state index >= 15 is 0 Å². The van der Waals surface area contributed by atoms with Crippen molar-refractivity contribution in [1.29, 1.82) is 0 Å². The molecule has 0 unspecified atom stereocenters. The van der Waals surface area contributed by atoms with Crippen molar-refractivity contribution < 1.29 is 9.59 Å². The van der Waals surface area contributed by atoms with Crippen LogP contribution in [0.2, 0.25) is 0 Å². The molecule has 2 aliphatic rings. The van der Waals surface area contributed by atoms with Crippen molar-refractivity contribution in [3.63, 3.8) is 0 Å². The maximum Gasteiger partial charge on any atom is 0.196 e. The molecular formula is C18H16N2O2. The summed E-state index contributed by atoms with van der Waals surface area (Å²) in [5.74, 6) is -0.0958. The third-order valence-corrected chi connectivity index (χ3v) is 4.39. The average molecular weight is 292 g/mol. The largest absolute Gasteiger partial charge is 0.368 e. The van der Waals surface area contributed by atoms with E-state index in [1.807, 2.05) is 18.2 Å². The van der Waals surface area contributed by atoms with E-state index in [4.69, 9.17) is 0 Å². The van der Waals surface area contributed by atoms with Crippen LogP contribution in [-0.2, 0) is 0 Å². The lowest BCUT2D eigenvalue weighted by Crippen LogP contribution is -2.44. The molecule has 1 aliphatic heterocycles. The fraction of sp³-hybridized carbons (Fsp3) is 0.222. The van der Waals surface area contributed by atoms with Gasteiger partial charge in [0.05, 0.1) is 5.56 Å². The smallest absolute Gasteiger partial charge is 0.196 e. The molecule has 0 bridgehead atoms. The number of anilines is 1. The molecular weight excluding hydrogens is 276 g/mol. The van der Waals surface area contributed by atoms with Crippen LogP contribution in [0.5, 0.6) is 0 Å². The van der Waals surface area contributed by atoms with Crippen molar-refractivity contribution in [2.75, 3.05) is 31.1 Å². The Balaban J connectivity index is 1.89. The summed E-state index contributed by atoms with van der Waals surface area (Å²) in [4.78, 5) is 27.8. The molecule has 0 saturated carbocycles. The van der Waals surface area contributed by atoms with E-state index in [1.165, 1.54) is 0 Å². The van der Waals surface area contributed by atoms with E-state index in [-0.39, 0.29) is 11.6 Å². The number of carbonyl (C=O) groups excluding carboxylic acids is 2. The van der Waals surface area contributed by atoms with Gasteiger partial charge in [0.15, 0.2) is 11.6 Å². The van der Waals surface area contributed by atoms with Gasteiger partial charge in [0.25, 0.3) is 0 Å². The van der Waals surface area contributed by atoms with Gasteiger partial charge >= 0.3 is 0 Å². The van der Waals surface area contributed by atoms with Crippen molar-refractivity contribution in [1.82, 2.24) is 5.32 Å². The molecule has 22 heavy (non-hydrogen) atoms. The molecule has 4 heteroatoms. The minimum atomic E-state index is -0.0535. The Kier molecular flexibility index (Phi) is 3.05. The first-order valence-corrected chi connectivity index (χ1v) is 7.54. The molecule has 1 N–H and O–H groups in total. The summed E-state index contributed by atoms with van der Waals surface area (Å²) in [6.45, 7) is 3.48. The van der Waals surface area contributed by atoms with Crippen molar-refractivity contribution in [3.8, 4) is 0 Å². The highest BCUT2D eigenvalue weighted by Crippen LogP contribution is 2.33. The summed E-state index contributed by atoms with van der Waals surface area (Å²) in [7, 11) is 0. The zero-order valence-corrected chi connectivity index (χ0v) is 12.1. The van der Waals surface area contributed by atoms with Gasteiger partial charge in [-0.2, -0.15) is 0 Å². The summed E-state index contributed by atoms with van der Waals surface area (Å²) < 4.78 is 0. The van der Waals surface area contributed by atoms with Crippen LogP contribution < -0.4 is 10.2 Å². The van der Waals surface area contributed by atoms with Crippen molar-refractivity contribution in [3.05, 3.63) is 64.7 Å². The lowest BCUT2D eigenvalue weighted by Gasteiger charge is -2.32. The molecule has 0 radical (unpaired) electrons. The van der Waals surface area contributed by atoms with E-state index in [0.29, 0.717) is 22.3 Å². The zero-order valence-electron chi connectivity index (χ0n) is 12.1. The first-order valence-electron chi connectivity index (χ1n) is 7.54. The van der Waals surface area contributed by atoms with E-state index in [0.717, 1.165) is 31.9 Å². The standard InChI is InChI=1S/C18H16N2O2/c21-17-12-4-1-2-5-13(12)18(22)16-14(17)6-3-7-15(16)20-10-8-19-9-11-20/h1-7,19H,8-11H2. The number of fused-ring (bicyclic) bond motifs is 2. The molecule has 0 aromatic heterocycles. The molecule has 1 fully saturated rings. The van der Waals surface area contributed by atoms with Crippen LogP contribution in [0.25, 0.3) is 0 Å². The fourth-order valence-corrected chi connectivity index (χ4v) is 3.30. The number of nitrogens with zero attached hydrogens (tertiary/aromatic N) is 1. The Morgan fingerprint density at radius 3 is 2.14 bits per heavy atom. The van der Waals surface area contributed by atoms with Crippen LogP contribution in [-0.4, -0.2) is 37.7 Å². The van der Waals surface area contributed by atoms with Gasteiger partial charge in [-0.05, 0) is 6.07 Å². The lowest BCUT2D eigenvalue weighted by atomic mass is 9.83. The maximum atomic E-state index is 12.9. The Labute approximate surface area is 128 Å². The van der Waals surface area contributed by atoms with Gasteiger partial charge in [0.1, 0.15) is 0 Å². The molecule has 2 aromatic carbocycles. The minimum absolute atomic E-state index is 0.0423. The first kappa shape index (κ1) is 13.2. The van der Waals surface area contributed by atoms with Crippen LogP contribution in [0.1, 0.15) is 31.8 Å². The number of nitrogens with one attached hydrogen (secondary N) is 1. The molecule has 1 heterocycles. The van der Waals surface area contributed by atoms with Crippen molar-refractivity contribution in [2.24, 2.45) is 0 Å². The second kappa shape index (κ2) is 5.07. The third kappa shape index (κ3) is 1.88. The van der Waals surface area contributed by atoms with Gasteiger partial charge in [-0.15, -0.1) is 0 Å². The van der Waals surface area contributed by atoms with Crippen LogP contribution in [0.4, 0.5) is 5.69 Å². The topological polar surface area (TPSA) is 49.4 Å². The van der Waals surface area contributed by atoms with E-state index in [9.17, 15) is 9.59 Å².